The van der Waals surface area contributed by atoms with Crippen molar-refractivity contribution in [3.63, 3.8) is 0 Å². The molecule has 2 aromatic rings. The highest BCUT2D eigenvalue weighted by Crippen LogP contribution is 2.38. The molecule has 13 heteroatoms. The Hall–Kier alpha value is -4.29. The average molecular weight is 366 g/mol. The van der Waals surface area contributed by atoms with Crippen LogP contribution in [0, 0.1) is 30.3 Å². The van der Waals surface area contributed by atoms with Crippen molar-refractivity contribution >= 4 is 28.7 Å². The Morgan fingerprint density at radius 1 is 0.885 bits per heavy atom. The van der Waals surface area contributed by atoms with Crippen LogP contribution >= 0.6 is 0 Å². The number of rotatable bonds is 4. The van der Waals surface area contributed by atoms with E-state index in [0.29, 0.717) is 17.8 Å². The predicted octanol–water partition coefficient (Wildman–Crippen LogP) is 2.08. The van der Waals surface area contributed by atoms with Gasteiger partial charge in [0.25, 0.3) is 11.4 Å². The van der Waals surface area contributed by atoms with Crippen molar-refractivity contribution in [2.45, 2.75) is 0 Å². The number of nitro benzene ring substituents is 3. The molecule has 0 unspecified atom stereocenters. The molecule has 26 heavy (non-hydrogen) atoms. The molecule has 0 amide bonds. The van der Waals surface area contributed by atoms with Crippen molar-refractivity contribution in [2.24, 2.45) is 0 Å². The first-order valence-corrected chi connectivity index (χ1v) is 6.43. The van der Waals surface area contributed by atoms with Crippen LogP contribution in [0.15, 0.2) is 36.4 Å². The van der Waals surface area contributed by atoms with Crippen LogP contribution in [0.2, 0.25) is 0 Å². The van der Waals surface area contributed by atoms with Crippen molar-refractivity contribution < 1.29 is 29.8 Å². The molecule has 2 rings (SSSR count). The van der Waals surface area contributed by atoms with E-state index in [1.807, 2.05) is 0 Å². The third kappa shape index (κ3) is 4.85. The number of nitrogen functional groups attached to an aromatic ring is 1. The average Bonchev–Trinajstić information content (AvgIpc) is 2.55. The number of aromatic carboxylic acids is 1. The molecule has 2 aromatic carbocycles. The number of hydrogen-bond donors (Lipinski definition) is 3. The SMILES string of the molecule is Nc1ccc(C(=O)O)cc1.O=[N+]([O-])c1cc([N+](=O)[O-])c(O)c([N+](=O)[O-])c1. The monoisotopic (exact) mass is 366 g/mol. The lowest BCUT2D eigenvalue weighted by atomic mass is 10.2. The molecule has 136 valence electrons. The van der Waals surface area contributed by atoms with Crippen molar-refractivity contribution in [3.8, 4) is 5.75 Å². The lowest BCUT2D eigenvalue weighted by molar-refractivity contribution is -0.404. The maximum absolute atomic E-state index is 10.4. The van der Waals surface area contributed by atoms with Crippen molar-refractivity contribution in [3.05, 3.63) is 72.3 Å². The van der Waals surface area contributed by atoms with Crippen molar-refractivity contribution in [1.29, 1.82) is 0 Å². The number of hydrogen-bond acceptors (Lipinski definition) is 9. The van der Waals surface area contributed by atoms with Gasteiger partial charge in [-0.15, -0.1) is 0 Å². The van der Waals surface area contributed by atoms with E-state index in [9.17, 15) is 35.1 Å². The fraction of sp³-hybridized carbons (Fsp3) is 0. The van der Waals surface area contributed by atoms with Crippen LogP contribution in [-0.4, -0.2) is 31.0 Å². The minimum atomic E-state index is -1.21. The first kappa shape index (κ1) is 19.8. The molecular weight excluding hydrogens is 356 g/mol. The Labute approximate surface area is 143 Å². The number of phenolic OH excluding ortho intramolecular Hbond substituents is 1. The highest BCUT2D eigenvalue weighted by atomic mass is 16.6. The van der Waals surface area contributed by atoms with Gasteiger partial charge in [-0.2, -0.15) is 0 Å². The standard InChI is InChI=1S/C7H7NO2.C6H3N3O7/c8-6-3-1-5(2-4-6)7(9)10;10-6-4(8(13)14)1-3(7(11)12)2-5(6)9(15)16/h1-4H,8H2,(H,9,10);1-2,10H. The Kier molecular flexibility index (Phi) is 6.08. The minimum absolute atomic E-state index is 0.259. The Morgan fingerprint density at radius 3 is 1.62 bits per heavy atom. The van der Waals surface area contributed by atoms with E-state index in [-0.39, 0.29) is 5.56 Å². The van der Waals surface area contributed by atoms with E-state index >= 15 is 0 Å². The van der Waals surface area contributed by atoms with Gasteiger partial charge in [-0.3, -0.25) is 30.3 Å². The largest absolute Gasteiger partial charge is 0.497 e. The summed E-state index contributed by atoms with van der Waals surface area (Å²) in [6, 6.07) is 6.95. The maximum atomic E-state index is 10.4. The lowest BCUT2D eigenvalue weighted by Gasteiger charge is -1.97. The molecule has 0 spiro atoms. The Bertz CT molecular complexity index is 845. The van der Waals surface area contributed by atoms with Crippen molar-refractivity contribution in [1.82, 2.24) is 0 Å². The summed E-state index contributed by atoms with van der Waals surface area (Å²) in [5.41, 5.74) is 3.16. The summed E-state index contributed by atoms with van der Waals surface area (Å²) < 4.78 is 0. The molecule has 0 aliphatic rings. The number of non-ortho nitro benzene ring substituents is 1. The van der Waals surface area contributed by atoms with E-state index in [4.69, 9.17) is 15.9 Å². The second kappa shape index (κ2) is 8.00. The van der Waals surface area contributed by atoms with Crippen LogP contribution in [0.5, 0.6) is 5.75 Å². The fourth-order valence-corrected chi connectivity index (χ4v) is 1.60. The van der Waals surface area contributed by atoms with Gasteiger partial charge >= 0.3 is 17.3 Å². The molecule has 0 fully saturated rings. The number of anilines is 1. The van der Waals surface area contributed by atoms with Crippen molar-refractivity contribution in [2.75, 3.05) is 5.73 Å². The zero-order chi connectivity index (χ0) is 20.0. The van der Waals surface area contributed by atoms with Crippen LogP contribution in [0.4, 0.5) is 22.7 Å². The highest BCUT2D eigenvalue weighted by Gasteiger charge is 2.30. The normalized spacial score (nSPS) is 9.54. The van der Waals surface area contributed by atoms with E-state index in [0.717, 1.165) is 0 Å². The molecule has 13 nitrogen and oxygen atoms in total. The quantitative estimate of drug-likeness (QED) is 0.406. The molecule has 0 saturated carbocycles. The first-order chi connectivity index (χ1) is 12.0. The van der Waals surface area contributed by atoms with Gasteiger partial charge in [-0.1, -0.05) is 0 Å². The number of carboxylic acid groups (broad SMARTS) is 1. The van der Waals surface area contributed by atoms with E-state index in [1.165, 1.54) is 12.1 Å². The minimum Gasteiger partial charge on any atom is -0.497 e. The zero-order valence-electron chi connectivity index (χ0n) is 12.6. The topological polar surface area (TPSA) is 213 Å². The number of benzene rings is 2. The summed E-state index contributed by atoms with van der Waals surface area (Å²) in [6.45, 7) is 0. The third-order valence-corrected chi connectivity index (χ3v) is 2.82. The number of nitro groups is 3. The summed E-state index contributed by atoms with van der Waals surface area (Å²) in [6.07, 6.45) is 0. The number of aromatic hydroxyl groups is 1. The van der Waals surface area contributed by atoms with Crippen LogP contribution in [-0.2, 0) is 0 Å². The number of phenols is 1. The van der Waals surface area contributed by atoms with Crippen LogP contribution in [0.3, 0.4) is 0 Å². The number of carboxylic acids is 1. The number of nitrogens with two attached hydrogens (primary N) is 1. The van der Waals surface area contributed by atoms with Gasteiger partial charge in [0.1, 0.15) is 0 Å². The van der Waals surface area contributed by atoms with Gasteiger partial charge in [0.2, 0.25) is 0 Å². The van der Waals surface area contributed by atoms with Gasteiger partial charge in [0.05, 0.1) is 32.5 Å². The zero-order valence-corrected chi connectivity index (χ0v) is 12.6. The molecule has 0 aliphatic heterocycles. The molecule has 0 bridgehead atoms. The molecule has 0 aromatic heterocycles. The van der Waals surface area contributed by atoms with Gasteiger partial charge in [0, 0.05) is 5.69 Å². The molecule has 0 heterocycles. The number of nitrogens with zero attached hydrogens (tertiary/aromatic N) is 3. The number of carbonyl (C=O) groups is 1. The van der Waals surface area contributed by atoms with Crippen LogP contribution in [0.1, 0.15) is 10.4 Å². The summed E-state index contributed by atoms with van der Waals surface area (Å²) in [4.78, 5) is 38.0. The maximum Gasteiger partial charge on any atom is 0.335 e. The van der Waals surface area contributed by atoms with Gasteiger partial charge in [0.15, 0.2) is 0 Å². The summed E-state index contributed by atoms with van der Waals surface area (Å²) >= 11 is 0. The van der Waals surface area contributed by atoms with Gasteiger partial charge in [-0.05, 0) is 24.3 Å². The van der Waals surface area contributed by atoms with Crippen LogP contribution in [0.25, 0.3) is 0 Å². The fourth-order valence-electron chi connectivity index (χ4n) is 1.60. The molecule has 4 N–H and O–H groups in total. The lowest BCUT2D eigenvalue weighted by Crippen LogP contribution is -1.97. The first-order valence-electron chi connectivity index (χ1n) is 6.43. The van der Waals surface area contributed by atoms with E-state index in [1.54, 1.807) is 12.1 Å². The molecular formula is C13H10N4O9. The third-order valence-electron chi connectivity index (χ3n) is 2.82. The van der Waals surface area contributed by atoms with Gasteiger partial charge < -0.3 is 15.9 Å². The summed E-state index contributed by atoms with van der Waals surface area (Å²) in [5.74, 6) is -2.14. The van der Waals surface area contributed by atoms with E-state index < -0.39 is 43.6 Å². The molecule has 0 saturated heterocycles. The van der Waals surface area contributed by atoms with Crippen LogP contribution < -0.4 is 5.73 Å². The Morgan fingerprint density at radius 2 is 1.31 bits per heavy atom. The second-order valence-corrected chi connectivity index (χ2v) is 4.53. The predicted molar refractivity (Wildman–Crippen MR) is 85.9 cm³/mol. The van der Waals surface area contributed by atoms with Gasteiger partial charge in [-0.25, -0.2) is 4.79 Å². The molecule has 0 radical (unpaired) electrons. The second-order valence-electron chi connectivity index (χ2n) is 4.53. The molecule has 0 atom stereocenters. The Balaban J connectivity index is 0.000000289. The van der Waals surface area contributed by atoms with E-state index in [2.05, 4.69) is 0 Å². The summed E-state index contributed by atoms with van der Waals surface area (Å²) in [7, 11) is 0. The smallest absolute Gasteiger partial charge is 0.335 e. The summed E-state index contributed by atoms with van der Waals surface area (Å²) in [5, 5.41) is 48.6. The molecule has 0 aliphatic carbocycles. The highest BCUT2D eigenvalue weighted by molar-refractivity contribution is 5.87.